The minimum absolute atomic E-state index is 0.0424. The monoisotopic (exact) mass is 340 g/mol. The standard InChI is InChI=1S/C16H28N4O2S/c1-13(21-2)15-17-16(23-18-15)20-9-6-14(12-20)22-11-10-19-7-4-3-5-8-19/h13-14H,3-12H2,1-2H3/t13-,14-/m0/s1. The summed E-state index contributed by atoms with van der Waals surface area (Å²) in [7, 11) is 1.69. The Bertz CT molecular complexity index is 478. The second-order valence-electron chi connectivity index (χ2n) is 6.44. The molecule has 0 aromatic carbocycles. The zero-order valence-electron chi connectivity index (χ0n) is 14.2. The fraction of sp³-hybridized carbons (Fsp3) is 0.875. The van der Waals surface area contributed by atoms with E-state index >= 15 is 0 Å². The number of rotatable bonds is 7. The smallest absolute Gasteiger partial charge is 0.205 e. The van der Waals surface area contributed by atoms with E-state index in [0.717, 1.165) is 43.6 Å². The Balaban J connectivity index is 1.40. The van der Waals surface area contributed by atoms with E-state index < -0.39 is 0 Å². The van der Waals surface area contributed by atoms with Crippen molar-refractivity contribution in [1.82, 2.24) is 14.3 Å². The largest absolute Gasteiger partial charge is 0.375 e. The van der Waals surface area contributed by atoms with E-state index in [2.05, 4.69) is 19.2 Å². The maximum Gasteiger partial charge on any atom is 0.205 e. The molecule has 130 valence electrons. The number of aromatic nitrogens is 2. The number of nitrogens with zero attached hydrogens (tertiary/aromatic N) is 4. The van der Waals surface area contributed by atoms with Crippen molar-refractivity contribution in [3.63, 3.8) is 0 Å². The van der Waals surface area contributed by atoms with Crippen LogP contribution in [0.25, 0.3) is 0 Å². The minimum atomic E-state index is -0.0424. The van der Waals surface area contributed by atoms with Crippen molar-refractivity contribution < 1.29 is 9.47 Å². The van der Waals surface area contributed by atoms with Crippen LogP contribution in [0.2, 0.25) is 0 Å². The Hall–Kier alpha value is -0.760. The number of ether oxygens (including phenoxy) is 2. The van der Waals surface area contributed by atoms with Crippen LogP contribution in [-0.4, -0.2) is 66.8 Å². The van der Waals surface area contributed by atoms with E-state index in [4.69, 9.17) is 9.47 Å². The van der Waals surface area contributed by atoms with E-state index in [-0.39, 0.29) is 6.10 Å². The van der Waals surface area contributed by atoms with Crippen LogP contribution in [0.5, 0.6) is 0 Å². The van der Waals surface area contributed by atoms with Crippen LogP contribution in [0.1, 0.15) is 44.5 Å². The van der Waals surface area contributed by atoms with Gasteiger partial charge in [-0.05, 0) is 39.3 Å². The minimum Gasteiger partial charge on any atom is -0.375 e. The lowest BCUT2D eigenvalue weighted by atomic mass is 10.1. The average Bonchev–Trinajstić information content (AvgIpc) is 3.24. The van der Waals surface area contributed by atoms with Crippen molar-refractivity contribution in [2.75, 3.05) is 51.3 Å². The summed E-state index contributed by atoms with van der Waals surface area (Å²) in [5, 5.41) is 0.992. The topological polar surface area (TPSA) is 50.7 Å². The van der Waals surface area contributed by atoms with Crippen molar-refractivity contribution in [2.45, 2.75) is 44.8 Å². The van der Waals surface area contributed by atoms with Crippen molar-refractivity contribution in [3.8, 4) is 0 Å². The third-order valence-electron chi connectivity index (χ3n) is 4.77. The lowest BCUT2D eigenvalue weighted by molar-refractivity contribution is 0.0467. The molecule has 6 nitrogen and oxygen atoms in total. The first-order valence-electron chi connectivity index (χ1n) is 8.71. The van der Waals surface area contributed by atoms with Gasteiger partial charge >= 0.3 is 0 Å². The number of likely N-dealkylation sites (tertiary alicyclic amines) is 1. The Kier molecular flexibility index (Phi) is 6.21. The lowest BCUT2D eigenvalue weighted by Crippen LogP contribution is -2.34. The molecule has 23 heavy (non-hydrogen) atoms. The Morgan fingerprint density at radius 1 is 1.26 bits per heavy atom. The highest BCUT2D eigenvalue weighted by Gasteiger charge is 2.26. The van der Waals surface area contributed by atoms with Gasteiger partial charge in [-0.15, -0.1) is 0 Å². The molecule has 0 radical (unpaired) electrons. The van der Waals surface area contributed by atoms with Crippen LogP contribution in [0, 0.1) is 0 Å². The van der Waals surface area contributed by atoms with Crippen LogP contribution in [-0.2, 0) is 9.47 Å². The van der Waals surface area contributed by atoms with Crippen molar-refractivity contribution in [2.24, 2.45) is 0 Å². The highest BCUT2D eigenvalue weighted by molar-refractivity contribution is 7.09. The van der Waals surface area contributed by atoms with Crippen molar-refractivity contribution in [3.05, 3.63) is 5.82 Å². The first kappa shape index (κ1) is 17.1. The Labute approximate surface area is 142 Å². The molecule has 2 saturated heterocycles. The van der Waals surface area contributed by atoms with Crippen LogP contribution >= 0.6 is 11.5 Å². The molecule has 0 spiro atoms. The molecule has 0 N–H and O–H groups in total. The maximum atomic E-state index is 6.08. The van der Waals surface area contributed by atoms with Gasteiger partial charge in [0.25, 0.3) is 0 Å². The predicted molar refractivity (Wildman–Crippen MR) is 92.2 cm³/mol. The Morgan fingerprint density at radius 2 is 2.09 bits per heavy atom. The van der Waals surface area contributed by atoms with Gasteiger partial charge in [0, 0.05) is 38.3 Å². The van der Waals surface area contributed by atoms with Gasteiger partial charge < -0.3 is 19.3 Å². The molecule has 0 bridgehead atoms. The van der Waals surface area contributed by atoms with Crippen LogP contribution in [0.4, 0.5) is 5.13 Å². The van der Waals surface area contributed by atoms with Crippen molar-refractivity contribution >= 4 is 16.7 Å². The zero-order chi connectivity index (χ0) is 16.1. The van der Waals surface area contributed by atoms with Crippen LogP contribution in [0.15, 0.2) is 0 Å². The molecule has 0 aliphatic carbocycles. The quantitative estimate of drug-likeness (QED) is 0.759. The summed E-state index contributed by atoms with van der Waals surface area (Å²) >= 11 is 1.46. The van der Waals surface area contributed by atoms with Gasteiger partial charge in [-0.3, -0.25) is 0 Å². The predicted octanol–water partition coefficient (Wildman–Crippen LogP) is 2.33. The molecule has 0 unspecified atom stereocenters. The van der Waals surface area contributed by atoms with Gasteiger partial charge in [-0.2, -0.15) is 4.37 Å². The molecule has 3 rings (SSSR count). The second-order valence-corrected chi connectivity index (χ2v) is 7.17. The highest BCUT2D eigenvalue weighted by Crippen LogP contribution is 2.26. The average molecular weight is 340 g/mol. The first-order chi connectivity index (χ1) is 11.3. The molecule has 2 atom stereocenters. The number of anilines is 1. The number of hydrogen-bond acceptors (Lipinski definition) is 7. The van der Waals surface area contributed by atoms with Gasteiger partial charge in [-0.1, -0.05) is 6.42 Å². The molecule has 0 amide bonds. The van der Waals surface area contributed by atoms with Gasteiger partial charge in [-0.25, -0.2) is 4.98 Å². The summed E-state index contributed by atoms with van der Waals surface area (Å²) in [4.78, 5) is 9.41. The molecule has 2 aliphatic rings. The molecular weight excluding hydrogens is 312 g/mol. The van der Waals surface area contributed by atoms with Crippen LogP contribution < -0.4 is 4.90 Å². The summed E-state index contributed by atoms with van der Waals surface area (Å²) in [6.45, 7) is 8.31. The first-order valence-corrected chi connectivity index (χ1v) is 9.49. The van der Waals surface area contributed by atoms with Crippen molar-refractivity contribution in [1.29, 1.82) is 0 Å². The molecule has 2 aliphatic heterocycles. The van der Waals surface area contributed by atoms with Gasteiger partial charge in [0.05, 0.1) is 12.7 Å². The normalized spacial score (nSPS) is 24.3. The third-order valence-corrected chi connectivity index (χ3v) is 5.56. The summed E-state index contributed by atoms with van der Waals surface area (Å²) in [5.74, 6) is 0.780. The SMILES string of the molecule is CO[C@@H](C)c1nsc(N2CC[C@H](OCCN3CCCCC3)C2)n1. The molecule has 1 aromatic heterocycles. The maximum absolute atomic E-state index is 6.08. The van der Waals surface area contributed by atoms with E-state index in [0.29, 0.717) is 6.10 Å². The molecule has 7 heteroatoms. The van der Waals surface area contributed by atoms with Gasteiger partial charge in [0.15, 0.2) is 5.82 Å². The summed E-state index contributed by atoms with van der Waals surface area (Å²) in [6.07, 6.45) is 5.44. The number of hydrogen-bond donors (Lipinski definition) is 0. The fourth-order valence-corrected chi connectivity index (χ4v) is 3.97. The highest BCUT2D eigenvalue weighted by atomic mass is 32.1. The van der Waals surface area contributed by atoms with E-state index in [1.165, 1.54) is 43.9 Å². The summed E-state index contributed by atoms with van der Waals surface area (Å²) in [6, 6.07) is 0. The molecular formula is C16H28N4O2S. The van der Waals surface area contributed by atoms with Crippen LogP contribution in [0.3, 0.4) is 0 Å². The van der Waals surface area contributed by atoms with E-state index in [9.17, 15) is 0 Å². The third kappa shape index (κ3) is 4.62. The molecule has 1 aromatic rings. The van der Waals surface area contributed by atoms with E-state index in [1.54, 1.807) is 7.11 Å². The van der Waals surface area contributed by atoms with E-state index in [1.807, 2.05) is 6.92 Å². The molecule has 2 fully saturated rings. The number of methoxy groups -OCH3 is 1. The molecule has 3 heterocycles. The summed E-state index contributed by atoms with van der Waals surface area (Å²) < 4.78 is 15.8. The Morgan fingerprint density at radius 3 is 2.87 bits per heavy atom. The van der Waals surface area contributed by atoms with Gasteiger partial charge in [0.2, 0.25) is 5.13 Å². The number of piperidine rings is 1. The second kappa shape index (κ2) is 8.37. The zero-order valence-corrected chi connectivity index (χ0v) is 15.1. The van der Waals surface area contributed by atoms with Gasteiger partial charge in [0.1, 0.15) is 6.10 Å². The fourth-order valence-electron chi connectivity index (χ4n) is 3.19. The summed E-state index contributed by atoms with van der Waals surface area (Å²) in [5.41, 5.74) is 0. The lowest BCUT2D eigenvalue weighted by Gasteiger charge is -2.26. The molecule has 0 saturated carbocycles.